The fraction of sp³-hybridized carbons (Fsp3) is 0.421. The van der Waals surface area contributed by atoms with Crippen molar-refractivity contribution in [2.24, 2.45) is 0 Å². The number of aromatic nitrogens is 2. The van der Waals surface area contributed by atoms with E-state index in [4.69, 9.17) is 10.1 Å². The maximum absolute atomic E-state index is 12.8. The van der Waals surface area contributed by atoms with E-state index in [9.17, 15) is 9.59 Å². The molecule has 0 bridgehead atoms. The molecule has 0 saturated carbocycles. The smallest absolute Gasteiger partial charge is 0.307 e. The van der Waals surface area contributed by atoms with E-state index in [1.165, 1.54) is 24.2 Å². The highest BCUT2D eigenvalue weighted by Gasteiger charge is 2.27. The van der Waals surface area contributed by atoms with Gasteiger partial charge in [-0.2, -0.15) is 0 Å². The number of aliphatic carboxylic acids is 1. The van der Waals surface area contributed by atoms with Crippen LogP contribution in [0.5, 0.6) is 0 Å². The minimum Gasteiger partial charge on any atom is -0.481 e. The van der Waals surface area contributed by atoms with Crippen LogP contribution >= 0.6 is 0 Å². The Balaban J connectivity index is 1.54. The number of aryl methyl sites for hydroxylation is 1. The number of carbonyl (C=O) groups is 2. The quantitative estimate of drug-likeness (QED) is 0.928. The van der Waals surface area contributed by atoms with Crippen LogP contribution < -0.4 is 0 Å². The summed E-state index contributed by atoms with van der Waals surface area (Å²) < 4.78 is 2.29. The Bertz CT molecular complexity index is 840. The second kappa shape index (κ2) is 6.35. The monoisotopic (exact) mass is 339 g/mol. The molecule has 1 N–H and O–H groups in total. The molecule has 1 amide bonds. The standard InChI is InChI=1S/C19H21N3O3/c23-18(24)11-13-4-3-5-14(10-13)19(25)21-8-9-22-16-7-2-1-6-15(16)20-17(22)12-21/h3-5,10H,1-2,6-9,11-12H2,(H,23,24). The number of hydrogen-bond acceptors (Lipinski definition) is 3. The van der Waals surface area contributed by atoms with E-state index in [1.807, 2.05) is 4.90 Å². The molecule has 130 valence electrons. The number of carboxylic acid groups (broad SMARTS) is 1. The summed E-state index contributed by atoms with van der Waals surface area (Å²) in [5.41, 5.74) is 3.76. The molecule has 2 aliphatic rings. The molecule has 1 aromatic carbocycles. The third-order valence-corrected chi connectivity index (χ3v) is 5.05. The van der Waals surface area contributed by atoms with Gasteiger partial charge in [0, 0.05) is 24.3 Å². The highest BCUT2D eigenvalue weighted by atomic mass is 16.4. The first-order valence-corrected chi connectivity index (χ1v) is 8.79. The normalized spacial score (nSPS) is 16.2. The number of hydrogen-bond donors (Lipinski definition) is 1. The maximum Gasteiger partial charge on any atom is 0.307 e. The summed E-state index contributed by atoms with van der Waals surface area (Å²) in [6, 6.07) is 6.92. The molecular formula is C19H21N3O3. The molecule has 2 aromatic rings. The molecule has 0 unspecified atom stereocenters. The summed E-state index contributed by atoms with van der Waals surface area (Å²) in [5, 5.41) is 8.93. The minimum absolute atomic E-state index is 0.0561. The van der Waals surface area contributed by atoms with E-state index in [2.05, 4.69) is 4.57 Å². The van der Waals surface area contributed by atoms with E-state index in [0.717, 1.165) is 25.2 Å². The van der Waals surface area contributed by atoms with E-state index in [1.54, 1.807) is 24.3 Å². The predicted molar refractivity (Wildman–Crippen MR) is 91.4 cm³/mol. The van der Waals surface area contributed by atoms with Gasteiger partial charge >= 0.3 is 5.97 Å². The van der Waals surface area contributed by atoms with Gasteiger partial charge in [0.2, 0.25) is 0 Å². The van der Waals surface area contributed by atoms with Gasteiger partial charge in [0.1, 0.15) is 5.82 Å². The van der Waals surface area contributed by atoms with Crippen molar-refractivity contribution in [3.63, 3.8) is 0 Å². The van der Waals surface area contributed by atoms with Crippen LogP contribution in [-0.4, -0.2) is 38.0 Å². The maximum atomic E-state index is 12.8. The second-order valence-corrected chi connectivity index (χ2v) is 6.78. The van der Waals surface area contributed by atoms with Crippen molar-refractivity contribution >= 4 is 11.9 Å². The average molecular weight is 339 g/mol. The molecule has 0 fully saturated rings. The third-order valence-electron chi connectivity index (χ3n) is 5.05. The molecule has 4 rings (SSSR count). The van der Waals surface area contributed by atoms with Gasteiger partial charge in [0.05, 0.1) is 18.7 Å². The number of amides is 1. The Morgan fingerprint density at radius 2 is 2.00 bits per heavy atom. The Morgan fingerprint density at radius 1 is 1.16 bits per heavy atom. The molecule has 1 aliphatic heterocycles. The van der Waals surface area contributed by atoms with Gasteiger partial charge in [-0.05, 0) is 43.4 Å². The van der Waals surface area contributed by atoms with Crippen LogP contribution in [0.15, 0.2) is 24.3 Å². The van der Waals surface area contributed by atoms with E-state index >= 15 is 0 Å². The van der Waals surface area contributed by atoms with Gasteiger partial charge in [-0.25, -0.2) is 4.98 Å². The number of nitrogens with zero attached hydrogens (tertiary/aromatic N) is 3. The molecule has 1 aromatic heterocycles. The molecule has 6 nitrogen and oxygen atoms in total. The van der Waals surface area contributed by atoms with E-state index < -0.39 is 5.97 Å². The summed E-state index contributed by atoms with van der Waals surface area (Å²) in [4.78, 5) is 30.3. The third kappa shape index (κ3) is 3.04. The molecule has 0 radical (unpaired) electrons. The number of rotatable bonds is 3. The van der Waals surface area contributed by atoms with Crippen LogP contribution in [-0.2, 0) is 37.1 Å². The van der Waals surface area contributed by atoms with Gasteiger partial charge in [-0.15, -0.1) is 0 Å². The zero-order chi connectivity index (χ0) is 17.4. The first kappa shape index (κ1) is 15.9. The summed E-state index contributed by atoms with van der Waals surface area (Å²) in [7, 11) is 0. The van der Waals surface area contributed by atoms with Crippen molar-refractivity contribution in [1.82, 2.24) is 14.5 Å². The fourth-order valence-corrected chi connectivity index (χ4v) is 3.86. The number of fused-ring (bicyclic) bond motifs is 3. The molecular weight excluding hydrogens is 318 g/mol. The zero-order valence-electron chi connectivity index (χ0n) is 14.1. The number of imidazole rings is 1. The van der Waals surface area contributed by atoms with Crippen molar-refractivity contribution in [1.29, 1.82) is 0 Å². The Hall–Kier alpha value is -2.63. The summed E-state index contributed by atoms with van der Waals surface area (Å²) in [5.74, 6) is 0.0304. The summed E-state index contributed by atoms with van der Waals surface area (Å²) >= 11 is 0. The molecule has 6 heteroatoms. The topological polar surface area (TPSA) is 75.4 Å². The lowest BCUT2D eigenvalue weighted by Crippen LogP contribution is -2.38. The molecule has 25 heavy (non-hydrogen) atoms. The zero-order valence-corrected chi connectivity index (χ0v) is 14.1. The molecule has 0 spiro atoms. The van der Waals surface area contributed by atoms with Crippen LogP contribution in [0, 0.1) is 0 Å². The van der Waals surface area contributed by atoms with Crippen molar-refractivity contribution < 1.29 is 14.7 Å². The summed E-state index contributed by atoms with van der Waals surface area (Å²) in [6.07, 6.45) is 4.48. The van der Waals surface area contributed by atoms with Gasteiger partial charge < -0.3 is 14.6 Å². The van der Waals surface area contributed by atoms with Crippen LogP contribution in [0.1, 0.15) is 46.0 Å². The lowest BCUT2D eigenvalue weighted by molar-refractivity contribution is -0.136. The van der Waals surface area contributed by atoms with Crippen molar-refractivity contribution in [3.8, 4) is 0 Å². The van der Waals surface area contributed by atoms with Crippen molar-refractivity contribution in [2.75, 3.05) is 6.54 Å². The molecule has 0 saturated heterocycles. The van der Waals surface area contributed by atoms with Crippen LogP contribution in [0.25, 0.3) is 0 Å². The summed E-state index contributed by atoms with van der Waals surface area (Å²) in [6.45, 7) is 1.98. The first-order chi connectivity index (χ1) is 12.1. The number of benzene rings is 1. The lowest BCUT2D eigenvalue weighted by atomic mass is 10.0. The van der Waals surface area contributed by atoms with Crippen LogP contribution in [0.3, 0.4) is 0 Å². The van der Waals surface area contributed by atoms with Gasteiger partial charge in [0.15, 0.2) is 0 Å². The highest BCUT2D eigenvalue weighted by molar-refractivity contribution is 5.94. The predicted octanol–water partition coefficient (Wildman–Crippen LogP) is 2.04. The highest BCUT2D eigenvalue weighted by Crippen LogP contribution is 2.25. The Kier molecular flexibility index (Phi) is 4.03. The molecule has 0 atom stereocenters. The minimum atomic E-state index is -0.893. The number of carboxylic acids is 1. The number of carbonyl (C=O) groups excluding carboxylic acids is 1. The SMILES string of the molecule is O=C(O)Cc1cccc(C(=O)N2CCn3c(nc4c3CCCC4)C2)c1. The van der Waals surface area contributed by atoms with Crippen LogP contribution in [0.2, 0.25) is 0 Å². The molecule has 1 aliphatic carbocycles. The Labute approximate surface area is 146 Å². The van der Waals surface area contributed by atoms with Crippen molar-refractivity contribution in [2.45, 2.75) is 45.2 Å². The average Bonchev–Trinajstić information content (AvgIpc) is 2.98. The molecule has 2 heterocycles. The van der Waals surface area contributed by atoms with Gasteiger partial charge in [-0.3, -0.25) is 9.59 Å². The lowest BCUT2D eigenvalue weighted by Gasteiger charge is -2.29. The fourth-order valence-electron chi connectivity index (χ4n) is 3.86. The largest absolute Gasteiger partial charge is 0.481 e. The first-order valence-electron chi connectivity index (χ1n) is 8.79. The Morgan fingerprint density at radius 3 is 2.84 bits per heavy atom. The van der Waals surface area contributed by atoms with Gasteiger partial charge in [-0.1, -0.05) is 12.1 Å². The van der Waals surface area contributed by atoms with Gasteiger partial charge in [0.25, 0.3) is 5.91 Å². The van der Waals surface area contributed by atoms with Crippen molar-refractivity contribution in [3.05, 3.63) is 52.6 Å². The van der Waals surface area contributed by atoms with E-state index in [0.29, 0.717) is 24.2 Å². The van der Waals surface area contributed by atoms with E-state index in [-0.39, 0.29) is 12.3 Å². The van der Waals surface area contributed by atoms with Crippen LogP contribution in [0.4, 0.5) is 0 Å². The second-order valence-electron chi connectivity index (χ2n) is 6.78.